The SMILES string of the molecule is Cc1cc(/C=N\NS(=O)(=O)c2ccccc2)no1. The number of hydrogen-bond donors (Lipinski definition) is 1. The number of nitrogens with one attached hydrogen (secondary N) is 1. The quantitative estimate of drug-likeness (QED) is 0.667. The number of sulfonamides is 1. The van der Waals surface area contributed by atoms with Gasteiger partial charge in [0.25, 0.3) is 10.0 Å². The predicted octanol–water partition coefficient (Wildman–Crippen LogP) is 1.30. The highest BCUT2D eigenvalue weighted by molar-refractivity contribution is 7.89. The second-order valence-electron chi connectivity index (χ2n) is 3.53. The van der Waals surface area contributed by atoms with Crippen LogP contribution in [-0.2, 0) is 10.0 Å². The van der Waals surface area contributed by atoms with E-state index in [9.17, 15) is 8.42 Å². The number of hydrogen-bond acceptors (Lipinski definition) is 5. The molecule has 0 amide bonds. The molecule has 1 heterocycles. The van der Waals surface area contributed by atoms with Gasteiger partial charge >= 0.3 is 0 Å². The van der Waals surface area contributed by atoms with Crippen LogP contribution < -0.4 is 4.83 Å². The van der Waals surface area contributed by atoms with Crippen molar-refractivity contribution in [1.82, 2.24) is 9.99 Å². The van der Waals surface area contributed by atoms with E-state index in [1.165, 1.54) is 18.3 Å². The van der Waals surface area contributed by atoms with Crippen LogP contribution in [0.5, 0.6) is 0 Å². The summed E-state index contributed by atoms with van der Waals surface area (Å²) in [5, 5.41) is 7.27. The number of aryl methyl sites for hydroxylation is 1. The normalized spacial score (nSPS) is 11.8. The molecule has 0 bridgehead atoms. The summed E-state index contributed by atoms with van der Waals surface area (Å²) in [6.45, 7) is 1.73. The van der Waals surface area contributed by atoms with Crippen molar-refractivity contribution in [3.8, 4) is 0 Å². The van der Waals surface area contributed by atoms with Gasteiger partial charge in [-0.2, -0.15) is 13.5 Å². The lowest BCUT2D eigenvalue weighted by atomic mass is 10.4. The molecule has 0 aliphatic carbocycles. The fraction of sp³-hybridized carbons (Fsp3) is 0.0909. The van der Waals surface area contributed by atoms with E-state index in [0.29, 0.717) is 11.5 Å². The molecular weight excluding hydrogens is 254 g/mol. The molecule has 1 aromatic carbocycles. The molecule has 0 fully saturated rings. The molecule has 2 aromatic rings. The van der Waals surface area contributed by atoms with Crippen LogP contribution in [-0.4, -0.2) is 19.8 Å². The maximum atomic E-state index is 11.8. The zero-order valence-electron chi connectivity index (χ0n) is 9.57. The number of aromatic nitrogens is 1. The van der Waals surface area contributed by atoms with Crippen LogP contribution in [0.4, 0.5) is 0 Å². The Morgan fingerprint density at radius 3 is 2.67 bits per heavy atom. The van der Waals surface area contributed by atoms with Gasteiger partial charge in [-0.25, -0.2) is 4.83 Å². The monoisotopic (exact) mass is 265 g/mol. The van der Waals surface area contributed by atoms with Gasteiger partial charge in [-0.3, -0.25) is 0 Å². The molecule has 0 aliphatic rings. The predicted molar refractivity (Wildman–Crippen MR) is 65.6 cm³/mol. The first-order valence-corrected chi connectivity index (χ1v) is 6.59. The Hall–Kier alpha value is -2.15. The van der Waals surface area contributed by atoms with Gasteiger partial charge in [0.05, 0.1) is 11.1 Å². The van der Waals surface area contributed by atoms with Crippen molar-refractivity contribution in [3.05, 3.63) is 47.9 Å². The van der Waals surface area contributed by atoms with E-state index in [-0.39, 0.29) is 4.90 Å². The molecule has 1 aromatic heterocycles. The summed E-state index contributed by atoms with van der Waals surface area (Å²) in [4.78, 5) is 2.24. The minimum atomic E-state index is -3.63. The molecule has 0 saturated carbocycles. The van der Waals surface area contributed by atoms with Gasteiger partial charge in [0, 0.05) is 6.07 Å². The maximum Gasteiger partial charge on any atom is 0.276 e. The average Bonchev–Trinajstić information content (AvgIpc) is 2.76. The molecule has 0 aliphatic heterocycles. The van der Waals surface area contributed by atoms with Crippen molar-refractivity contribution < 1.29 is 12.9 Å². The minimum absolute atomic E-state index is 0.151. The van der Waals surface area contributed by atoms with Crippen LogP contribution in [0, 0.1) is 6.92 Å². The second kappa shape index (κ2) is 5.01. The van der Waals surface area contributed by atoms with Crippen LogP contribution >= 0.6 is 0 Å². The lowest BCUT2D eigenvalue weighted by Gasteiger charge is -2.01. The summed E-state index contributed by atoms with van der Waals surface area (Å²) < 4.78 is 28.3. The second-order valence-corrected chi connectivity index (χ2v) is 5.19. The fourth-order valence-corrected chi connectivity index (χ4v) is 2.07. The van der Waals surface area contributed by atoms with Crippen molar-refractivity contribution in [2.24, 2.45) is 5.10 Å². The molecule has 18 heavy (non-hydrogen) atoms. The standard InChI is InChI=1S/C11H11N3O3S/c1-9-7-10(13-17-9)8-12-14-18(15,16)11-5-3-2-4-6-11/h2-8,14H,1H3/b12-8-. The molecule has 94 valence electrons. The van der Waals surface area contributed by atoms with E-state index >= 15 is 0 Å². The fourth-order valence-electron chi connectivity index (χ4n) is 1.26. The largest absolute Gasteiger partial charge is 0.361 e. The highest BCUT2D eigenvalue weighted by Crippen LogP contribution is 2.06. The lowest BCUT2D eigenvalue weighted by molar-refractivity contribution is 0.396. The Balaban J connectivity index is 2.08. The van der Waals surface area contributed by atoms with Gasteiger partial charge in [0.1, 0.15) is 11.5 Å². The first kappa shape index (κ1) is 12.3. The van der Waals surface area contributed by atoms with Gasteiger partial charge in [-0.15, -0.1) is 0 Å². The molecule has 6 nitrogen and oxygen atoms in total. The Kier molecular flexibility index (Phi) is 3.42. The molecule has 0 radical (unpaired) electrons. The first-order valence-electron chi connectivity index (χ1n) is 5.11. The number of benzene rings is 1. The first-order chi connectivity index (χ1) is 8.58. The van der Waals surface area contributed by atoms with Gasteiger partial charge in [-0.1, -0.05) is 23.4 Å². The maximum absolute atomic E-state index is 11.8. The molecule has 1 N–H and O–H groups in total. The molecule has 2 rings (SSSR count). The summed E-state index contributed by atoms with van der Waals surface area (Å²) in [6.07, 6.45) is 1.27. The van der Waals surface area contributed by atoms with Gasteiger partial charge in [0.2, 0.25) is 0 Å². The summed E-state index contributed by atoms with van der Waals surface area (Å²) >= 11 is 0. The van der Waals surface area contributed by atoms with Crippen LogP contribution in [0.2, 0.25) is 0 Å². The van der Waals surface area contributed by atoms with Crippen LogP contribution in [0.15, 0.2) is 50.9 Å². The Morgan fingerprint density at radius 1 is 1.33 bits per heavy atom. The van der Waals surface area contributed by atoms with E-state index in [4.69, 9.17) is 4.52 Å². The molecule has 7 heteroatoms. The number of hydrazone groups is 1. The van der Waals surface area contributed by atoms with Gasteiger partial charge in [-0.05, 0) is 19.1 Å². The zero-order valence-corrected chi connectivity index (χ0v) is 10.4. The Bertz CT molecular complexity index is 647. The molecular formula is C11H11N3O3S. The summed E-state index contributed by atoms with van der Waals surface area (Å²) in [5.41, 5.74) is 0.447. The van der Waals surface area contributed by atoms with E-state index in [1.54, 1.807) is 31.2 Å². The summed E-state index contributed by atoms with van der Waals surface area (Å²) in [7, 11) is -3.63. The molecule has 0 atom stereocenters. The third-order valence-electron chi connectivity index (χ3n) is 2.07. The van der Waals surface area contributed by atoms with Crippen LogP contribution in [0.25, 0.3) is 0 Å². The molecule has 0 spiro atoms. The summed E-state index contributed by atoms with van der Waals surface area (Å²) in [5.74, 6) is 0.627. The van der Waals surface area contributed by atoms with E-state index < -0.39 is 10.0 Å². The average molecular weight is 265 g/mol. The Labute approximate surface area is 104 Å². The minimum Gasteiger partial charge on any atom is -0.361 e. The summed E-state index contributed by atoms with van der Waals surface area (Å²) in [6, 6.07) is 9.62. The number of rotatable bonds is 4. The van der Waals surface area contributed by atoms with Crippen molar-refractivity contribution >= 4 is 16.2 Å². The van der Waals surface area contributed by atoms with Crippen molar-refractivity contribution in [3.63, 3.8) is 0 Å². The highest BCUT2D eigenvalue weighted by atomic mass is 32.2. The Morgan fingerprint density at radius 2 is 2.06 bits per heavy atom. The third kappa shape index (κ3) is 2.95. The van der Waals surface area contributed by atoms with Crippen molar-refractivity contribution in [2.75, 3.05) is 0 Å². The van der Waals surface area contributed by atoms with Crippen LogP contribution in [0.1, 0.15) is 11.5 Å². The highest BCUT2D eigenvalue weighted by Gasteiger charge is 2.11. The third-order valence-corrected chi connectivity index (χ3v) is 3.31. The van der Waals surface area contributed by atoms with E-state index in [0.717, 1.165) is 0 Å². The van der Waals surface area contributed by atoms with Crippen molar-refractivity contribution in [1.29, 1.82) is 0 Å². The van der Waals surface area contributed by atoms with Crippen LogP contribution in [0.3, 0.4) is 0 Å². The zero-order chi connectivity index (χ0) is 13.0. The van der Waals surface area contributed by atoms with Crippen molar-refractivity contribution in [2.45, 2.75) is 11.8 Å². The van der Waals surface area contributed by atoms with Gasteiger partial charge < -0.3 is 4.52 Å². The van der Waals surface area contributed by atoms with Gasteiger partial charge in [0.15, 0.2) is 0 Å². The molecule has 0 saturated heterocycles. The van der Waals surface area contributed by atoms with E-state index in [2.05, 4.69) is 15.1 Å². The number of nitrogens with zero attached hydrogens (tertiary/aromatic N) is 2. The smallest absolute Gasteiger partial charge is 0.276 e. The topological polar surface area (TPSA) is 84.6 Å². The van der Waals surface area contributed by atoms with E-state index in [1.807, 2.05) is 0 Å². The lowest BCUT2D eigenvalue weighted by Crippen LogP contribution is -2.18. The molecule has 0 unspecified atom stereocenters.